The fraction of sp³-hybridized carbons (Fsp3) is 0.409. The van der Waals surface area contributed by atoms with E-state index in [-0.39, 0.29) is 11.8 Å². The molecular formula is C22H24N6O2. The molecule has 8 heteroatoms. The van der Waals surface area contributed by atoms with Gasteiger partial charge in [-0.25, -0.2) is 4.68 Å². The summed E-state index contributed by atoms with van der Waals surface area (Å²) in [5, 5.41) is 9.47. The second-order valence-electron chi connectivity index (χ2n) is 8.37. The molecule has 4 heterocycles. The van der Waals surface area contributed by atoms with Crippen molar-refractivity contribution in [2.45, 2.75) is 26.2 Å². The smallest absolute Gasteiger partial charge is 0.276 e. The van der Waals surface area contributed by atoms with Gasteiger partial charge >= 0.3 is 0 Å². The largest absolute Gasteiger partial charge is 0.345 e. The molecule has 3 aromatic rings. The molecule has 2 saturated heterocycles. The van der Waals surface area contributed by atoms with Gasteiger partial charge in [0.15, 0.2) is 5.69 Å². The molecule has 1 atom stereocenters. The Labute approximate surface area is 174 Å². The number of carbonyl (C=O) groups is 2. The first kappa shape index (κ1) is 18.7. The topological polar surface area (TPSA) is 84.2 Å². The zero-order valence-electron chi connectivity index (χ0n) is 17.2. The maximum atomic E-state index is 13.3. The monoisotopic (exact) mass is 404 g/mol. The molecule has 1 aromatic carbocycles. The van der Waals surface area contributed by atoms with Crippen molar-refractivity contribution in [1.82, 2.24) is 29.8 Å². The highest BCUT2D eigenvalue weighted by atomic mass is 16.2. The third-order valence-electron chi connectivity index (χ3n) is 6.53. The van der Waals surface area contributed by atoms with Gasteiger partial charge in [-0.3, -0.25) is 14.6 Å². The highest BCUT2D eigenvalue weighted by Gasteiger charge is 2.49. The summed E-state index contributed by atoms with van der Waals surface area (Å²) in [6.07, 6.45) is 4.27. The van der Waals surface area contributed by atoms with E-state index in [0.717, 1.165) is 36.0 Å². The summed E-state index contributed by atoms with van der Waals surface area (Å²) in [4.78, 5) is 34.1. The Bertz CT molecular complexity index is 1150. The normalized spacial score (nSPS) is 21.7. The van der Waals surface area contributed by atoms with Crippen LogP contribution >= 0.6 is 0 Å². The van der Waals surface area contributed by atoms with E-state index in [2.05, 4.69) is 15.3 Å². The van der Waals surface area contributed by atoms with E-state index in [1.807, 2.05) is 44.3 Å². The molecule has 1 unspecified atom stereocenters. The van der Waals surface area contributed by atoms with Crippen LogP contribution in [0.2, 0.25) is 0 Å². The number of aromatic nitrogens is 4. The molecule has 5 rings (SSSR count). The summed E-state index contributed by atoms with van der Waals surface area (Å²) >= 11 is 0. The number of benzene rings is 1. The number of carbonyl (C=O) groups excluding carboxylic acids is 2. The summed E-state index contributed by atoms with van der Waals surface area (Å²) in [5.74, 6) is -0.00361. The molecular weight excluding hydrogens is 380 g/mol. The van der Waals surface area contributed by atoms with E-state index in [1.165, 1.54) is 0 Å². The molecule has 30 heavy (non-hydrogen) atoms. The molecule has 2 amide bonds. The number of pyridine rings is 1. The Morgan fingerprint density at radius 1 is 1.13 bits per heavy atom. The van der Waals surface area contributed by atoms with Crippen molar-refractivity contribution in [3.63, 3.8) is 0 Å². The lowest BCUT2D eigenvalue weighted by atomic mass is 9.78. The van der Waals surface area contributed by atoms with Gasteiger partial charge in [-0.1, -0.05) is 23.4 Å². The fourth-order valence-corrected chi connectivity index (χ4v) is 4.86. The highest BCUT2D eigenvalue weighted by molar-refractivity contribution is 5.95. The summed E-state index contributed by atoms with van der Waals surface area (Å²) in [6.45, 7) is 3.67. The van der Waals surface area contributed by atoms with E-state index in [4.69, 9.17) is 0 Å². The Balaban J connectivity index is 1.45. The van der Waals surface area contributed by atoms with Crippen LogP contribution in [0, 0.1) is 12.3 Å². The Morgan fingerprint density at radius 3 is 2.83 bits per heavy atom. The predicted molar refractivity (Wildman–Crippen MR) is 111 cm³/mol. The highest BCUT2D eigenvalue weighted by Crippen LogP contribution is 2.40. The van der Waals surface area contributed by atoms with Crippen molar-refractivity contribution in [3.05, 3.63) is 47.9 Å². The summed E-state index contributed by atoms with van der Waals surface area (Å²) in [6, 6.07) is 9.74. The number of para-hydroxylation sites is 1. The molecule has 0 saturated carbocycles. The van der Waals surface area contributed by atoms with E-state index >= 15 is 0 Å². The van der Waals surface area contributed by atoms with E-state index in [0.29, 0.717) is 30.9 Å². The predicted octanol–water partition coefficient (Wildman–Crippen LogP) is 2.21. The van der Waals surface area contributed by atoms with Gasteiger partial charge in [0.2, 0.25) is 5.91 Å². The van der Waals surface area contributed by atoms with Crippen LogP contribution < -0.4 is 0 Å². The maximum Gasteiger partial charge on any atom is 0.276 e. The van der Waals surface area contributed by atoms with Gasteiger partial charge < -0.3 is 9.80 Å². The lowest BCUT2D eigenvalue weighted by molar-refractivity contribution is -0.143. The number of hydrogen-bond acceptors (Lipinski definition) is 5. The van der Waals surface area contributed by atoms with Gasteiger partial charge in [0, 0.05) is 38.3 Å². The van der Waals surface area contributed by atoms with Crippen molar-refractivity contribution in [3.8, 4) is 5.69 Å². The number of rotatable bonds is 2. The first-order valence-electron chi connectivity index (χ1n) is 10.3. The summed E-state index contributed by atoms with van der Waals surface area (Å²) in [5.41, 5.74) is 2.16. The molecule has 2 aliphatic heterocycles. The van der Waals surface area contributed by atoms with Crippen LogP contribution in [0.5, 0.6) is 0 Å². The molecule has 0 bridgehead atoms. The lowest BCUT2D eigenvalue weighted by Gasteiger charge is -2.37. The minimum Gasteiger partial charge on any atom is -0.345 e. The quantitative estimate of drug-likeness (QED) is 0.654. The number of likely N-dealkylation sites (tertiary alicyclic amines) is 2. The second-order valence-corrected chi connectivity index (χ2v) is 8.37. The lowest BCUT2D eigenvalue weighted by Crippen LogP contribution is -2.48. The van der Waals surface area contributed by atoms with Gasteiger partial charge in [0.25, 0.3) is 5.91 Å². The van der Waals surface area contributed by atoms with Crippen molar-refractivity contribution in [2.75, 3.05) is 26.7 Å². The Kier molecular flexibility index (Phi) is 4.30. The fourth-order valence-electron chi connectivity index (χ4n) is 4.86. The van der Waals surface area contributed by atoms with Gasteiger partial charge in [-0.2, -0.15) is 0 Å². The van der Waals surface area contributed by atoms with Crippen molar-refractivity contribution >= 4 is 22.7 Å². The van der Waals surface area contributed by atoms with Crippen LogP contribution in [0.15, 0.2) is 36.5 Å². The molecule has 2 aliphatic rings. The van der Waals surface area contributed by atoms with Crippen LogP contribution in [-0.2, 0) is 4.79 Å². The average Bonchev–Trinajstić information content (AvgIpc) is 3.36. The first-order chi connectivity index (χ1) is 14.5. The van der Waals surface area contributed by atoms with Crippen LogP contribution in [0.1, 0.15) is 35.4 Å². The third kappa shape index (κ3) is 2.78. The van der Waals surface area contributed by atoms with Crippen molar-refractivity contribution < 1.29 is 9.59 Å². The second kappa shape index (κ2) is 6.90. The number of piperidine rings is 1. The summed E-state index contributed by atoms with van der Waals surface area (Å²) in [7, 11) is 1.85. The Hall–Kier alpha value is -3.29. The van der Waals surface area contributed by atoms with E-state index in [9.17, 15) is 9.59 Å². The molecule has 0 N–H and O–H groups in total. The molecule has 154 valence electrons. The van der Waals surface area contributed by atoms with Gasteiger partial charge in [-0.05, 0) is 38.3 Å². The van der Waals surface area contributed by atoms with Gasteiger partial charge in [0.05, 0.1) is 22.3 Å². The van der Waals surface area contributed by atoms with Gasteiger partial charge in [0.1, 0.15) is 0 Å². The molecule has 2 aromatic heterocycles. The molecule has 0 radical (unpaired) electrons. The molecule has 8 nitrogen and oxygen atoms in total. The van der Waals surface area contributed by atoms with Crippen LogP contribution in [0.4, 0.5) is 0 Å². The molecule has 1 spiro atoms. The SMILES string of the molecule is Cc1c(C(=O)N2CCC3(CCCN(C)C3=O)C2)nnn1-c1cccc2cccnc12. The van der Waals surface area contributed by atoms with Crippen molar-refractivity contribution in [2.24, 2.45) is 5.41 Å². The number of fused-ring (bicyclic) bond motifs is 1. The van der Waals surface area contributed by atoms with Crippen LogP contribution in [0.3, 0.4) is 0 Å². The maximum absolute atomic E-state index is 13.3. The Morgan fingerprint density at radius 2 is 1.97 bits per heavy atom. The molecule has 2 fully saturated rings. The van der Waals surface area contributed by atoms with Crippen LogP contribution in [0.25, 0.3) is 16.6 Å². The minimum absolute atomic E-state index is 0.159. The van der Waals surface area contributed by atoms with Gasteiger partial charge in [-0.15, -0.1) is 5.10 Å². The zero-order valence-corrected chi connectivity index (χ0v) is 17.2. The van der Waals surface area contributed by atoms with E-state index < -0.39 is 5.41 Å². The van der Waals surface area contributed by atoms with E-state index in [1.54, 1.807) is 20.7 Å². The number of nitrogens with zero attached hydrogens (tertiary/aromatic N) is 6. The average molecular weight is 404 g/mol. The minimum atomic E-state index is -0.438. The standard InChI is InChI=1S/C22H24N6O2/c1-15-18(20(29)27-13-10-22(14-27)9-5-12-26(2)21(22)30)24-25-28(15)17-8-3-6-16-7-4-11-23-19(16)17/h3-4,6-8,11H,5,9-10,12-14H2,1-2H3. The molecule has 0 aliphatic carbocycles. The zero-order chi connectivity index (χ0) is 20.9. The first-order valence-corrected chi connectivity index (χ1v) is 10.3. The third-order valence-corrected chi connectivity index (χ3v) is 6.53. The number of amides is 2. The van der Waals surface area contributed by atoms with Crippen molar-refractivity contribution in [1.29, 1.82) is 0 Å². The van der Waals surface area contributed by atoms with Crippen LogP contribution in [-0.4, -0.2) is 68.3 Å². The summed E-state index contributed by atoms with van der Waals surface area (Å²) < 4.78 is 1.67. The number of hydrogen-bond donors (Lipinski definition) is 0.